The summed E-state index contributed by atoms with van der Waals surface area (Å²) in [6.07, 6.45) is 0. The highest BCUT2D eigenvalue weighted by atomic mass is 32.1. The molecule has 0 unspecified atom stereocenters. The highest BCUT2D eigenvalue weighted by Gasteiger charge is 2.17. The number of rotatable bonds is 3. The summed E-state index contributed by atoms with van der Waals surface area (Å²) in [6, 6.07) is 12.7. The summed E-state index contributed by atoms with van der Waals surface area (Å²) in [5.74, 6) is 0.974. The van der Waals surface area contributed by atoms with Crippen LogP contribution in [0.4, 0.5) is 0 Å². The van der Waals surface area contributed by atoms with Gasteiger partial charge in [-0.05, 0) is 36.6 Å². The van der Waals surface area contributed by atoms with E-state index in [0.29, 0.717) is 6.61 Å². The SMILES string of the molecule is CCOc1ccccc1-c1ccc(C(C)(C)C)s1. The maximum absolute atomic E-state index is 5.69. The van der Waals surface area contributed by atoms with Crippen molar-refractivity contribution in [2.75, 3.05) is 6.61 Å². The molecule has 0 saturated carbocycles. The molecule has 2 heteroatoms. The third kappa shape index (κ3) is 2.75. The van der Waals surface area contributed by atoms with Gasteiger partial charge in [-0.2, -0.15) is 0 Å². The van der Waals surface area contributed by atoms with Crippen molar-refractivity contribution >= 4 is 11.3 Å². The van der Waals surface area contributed by atoms with Crippen LogP contribution in [-0.2, 0) is 5.41 Å². The predicted octanol–water partition coefficient (Wildman–Crippen LogP) is 5.11. The van der Waals surface area contributed by atoms with Crippen molar-refractivity contribution < 1.29 is 4.74 Å². The molecule has 1 aromatic carbocycles. The fraction of sp³-hybridized carbons (Fsp3) is 0.375. The van der Waals surface area contributed by atoms with Crippen LogP contribution >= 0.6 is 11.3 Å². The van der Waals surface area contributed by atoms with Crippen LogP contribution in [0.5, 0.6) is 5.75 Å². The third-order valence-electron chi connectivity index (χ3n) is 2.80. The summed E-state index contributed by atoms with van der Waals surface area (Å²) in [5.41, 5.74) is 1.41. The molecule has 0 spiro atoms. The standard InChI is InChI=1S/C16H20OS/c1-5-17-13-9-7-6-8-12(13)14-10-11-15(18-14)16(2,3)4/h6-11H,5H2,1-4H3. The van der Waals surface area contributed by atoms with Gasteiger partial charge in [0.1, 0.15) is 5.75 Å². The van der Waals surface area contributed by atoms with Crippen molar-refractivity contribution in [3.63, 3.8) is 0 Å². The molecule has 18 heavy (non-hydrogen) atoms. The first kappa shape index (κ1) is 13.2. The largest absolute Gasteiger partial charge is 0.493 e. The predicted molar refractivity (Wildman–Crippen MR) is 79.6 cm³/mol. The van der Waals surface area contributed by atoms with Crippen LogP contribution in [0.25, 0.3) is 10.4 Å². The first-order valence-electron chi connectivity index (χ1n) is 6.35. The van der Waals surface area contributed by atoms with Crippen molar-refractivity contribution in [1.29, 1.82) is 0 Å². The maximum Gasteiger partial charge on any atom is 0.127 e. The van der Waals surface area contributed by atoms with Gasteiger partial charge < -0.3 is 4.74 Å². The molecule has 0 radical (unpaired) electrons. The minimum Gasteiger partial charge on any atom is -0.493 e. The van der Waals surface area contributed by atoms with Crippen LogP contribution in [0, 0.1) is 0 Å². The summed E-state index contributed by atoms with van der Waals surface area (Å²) in [7, 11) is 0. The molecule has 0 N–H and O–H groups in total. The first-order chi connectivity index (χ1) is 8.52. The van der Waals surface area contributed by atoms with E-state index in [9.17, 15) is 0 Å². The molecule has 0 fully saturated rings. The Kier molecular flexibility index (Phi) is 3.76. The van der Waals surface area contributed by atoms with Gasteiger partial charge in [0.05, 0.1) is 6.61 Å². The van der Waals surface area contributed by atoms with Gasteiger partial charge in [-0.15, -0.1) is 11.3 Å². The van der Waals surface area contributed by atoms with Gasteiger partial charge in [0.15, 0.2) is 0 Å². The zero-order valence-corrected chi connectivity index (χ0v) is 12.3. The second-order valence-electron chi connectivity index (χ2n) is 5.34. The Morgan fingerprint density at radius 2 is 1.78 bits per heavy atom. The number of benzene rings is 1. The molecule has 0 aliphatic carbocycles. The monoisotopic (exact) mass is 260 g/mol. The van der Waals surface area contributed by atoms with E-state index >= 15 is 0 Å². The first-order valence-corrected chi connectivity index (χ1v) is 7.16. The van der Waals surface area contributed by atoms with Crippen molar-refractivity contribution in [1.82, 2.24) is 0 Å². The molecule has 0 amide bonds. The second kappa shape index (κ2) is 5.15. The Hall–Kier alpha value is -1.28. The molecule has 2 aromatic rings. The van der Waals surface area contributed by atoms with E-state index in [4.69, 9.17) is 4.74 Å². The molecular formula is C16H20OS. The third-order valence-corrected chi connectivity index (χ3v) is 4.34. The summed E-state index contributed by atoms with van der Waals surface area (Å²) in [6.45, 7) is 9.46. The Morgan fingerprint density at radius 3 is 2.39 bits per heavy atom. The van der Waals surface area contributed by atoms with E-state index in [0.717, 1.165) is 5.75 Å². The highest BCUT2D eigenvalue weighted by molar-refractivity contribution is 7.15. The van der Waals surface area contributed by atoms with Crippen molar-refractivity contribution in [3.8, 4) is 16.2 Å². The van der Waals surface area contributed by atoms with E-state index in [1.807, 2.05) is 30.4 Å². The van der Waals surface area contributed by atoms with Gasteiger partial charge in [0.2, 0.25) is 0 Å². The number of hydrogen-bond donors (Lipinski definition) is 0. The van der Waals surface area contributed by atoms with Crippen molar-refractivity contribution in [2.45, 2.75) is 33.1 Å². The zero-order valence-electron chi connectivity index (χ0n) is 11.5. The molecule has 0 aliphatic heterocycles. The molecule has 1 aromatic heterocycles. The fourth-order valence-corrected chi connectivity index (χ4v) is 2.93. The van der Waals surface area contributed by atoms with Gasteiger partial charge in [-0.1, -0.05) is 32.9 Å². The minimum absolute atomic E-state index is 0.212. The van der Waals surface area contributed by atoms with Gasteiger partial charge >= 0.3 is 0 Å². The molecule has 0 bridgehead atoms. The summed E-state index contributed by atoms with van der Waals surface area (Å²) in [4.78, 5) is 2.69. The Balaban J connectivity index is 2.40. The van der Waals surface area contributed by atoms with Crippen molar-refractivity contribution in [3.05, 3.63) is 41.3 Å². The van der Waals surface area contributed by atoms with Crippen LogP contribution in [0.2, 0.25) is 0 Å². The molecule has 96 valence electrons. The number of hydrogen-bond acceptors (Lipinski definition) is 2. The number of para-hydroxylation sites is 1. The zero-order chi connectivity index (χ0) is 13.2. The Bertz CT molecular complexity index is 520. The quantitative estimate of drug-likeness (QED) is 0.745. The number of thiophene rings is 1. The molecule has 0 saturated heterocycles. The number of ether oxygens (including phenoxy) is 1. The topological polar surface area (TPSA) is 9.23 Å². The molecular weight excluding hydrogens is 240 g/mol. The van der Waals surface area contributed by atoms with E-state index in [2.05, 4.69) is 45.0 Å². The second-order valence-corrected chi connectivity index (χ2v) is 6.43. The lowest BCUT2D eigenvalue weighted by Gasteiger charge is -2.15. The minimum atomic E-state index is 0.212. The van der Waals surface area contributed by atoms with Gasteiger partial charge in [-0.3, -0.25) is 0 Å². The molecule has 0 aliphatic rings. The normalized spacial score (nSPS) is 11.6. The maximum atomic E-state index is 5.69. The lowest BCUT2D eigenvalue weighted by molar-refractivity contribution is 0.341. The fourth-order valence-electron chi connectivity index (χ4n) is 1.84. The Morgan fingerprint density at radius 1 is 1.06 bits per heavy atom. The molecule has 0 atom stereocenters. The smallest absolute Gasteiger partial charge is 0.127 e. The van der Waals surface area contributed by atoms with Crippen LogP contribution in [0.1, 0.15) is 32.6 Å². The van der Waals surface area contributed by atoms with Gasteiger partial charge in [-0.25, -0.2) is 0 Å². The van der Waals surface area contributed by atoms with Crippen LogP contribution < -0.4 is 4.74 Å². The van der Waals surface area contributed by atoms with Gasteiger partial charge in [0.25, 0.3) is 0 Å². The lowest BCUT2D eigenvalue weighted by Crippen LogP contribution is -2.07. The Labute approximate surface area is 113 Å². The highest BCUT2D eigenvalue weighted by Crippen LogP contribution is 2.38. The summed E-state index contributed by atoms with van der Waals surface area (Å²) < 4.78 is 5.69. The van der Waals surface area contributed by atoms with Gasteiger partial charge in [0, 0.05) is 15.3 Å². The average molecular weight is 260 g/mol. The summed E-state index contributed by atoms with van der Waals surface area (Å²) in [5, 5.41) is 0. The van der Waals surface area contributed by atoms with E-state index in [-0.39, 0.29) is 5.41 Å². The van der Waals surface area contributed by atoms with E-state index in [1.54, 1.807) is 0 Å². The van der Waals surface area contributed by atoms with E-state index < -0.39 is 0 Å². The molecule has 1 heterocycles. The van der Waals surface area contributed by atoms with Crippen LogP contribution in [0.15, 0.2) is 36.4 Å². The van der Waals surface area contributed by atoms with E-state index in [1.165, 1.54) is 15.3 Å². The molecule has 2 rings (SSSR count). The van der Waals surface area contributed by atoms with Crippen LogP contribution in [-0.4, -0.2) is 6.61 Å². The lowest BCUT2D eigenvalue weighted by atomic mass is 9.95. The van der Waals surface area contributed by atoms with Crippen molar-refractivity contribution in [2.24, 2.45) is 0 Å². The summed E-state index contributed by atoms with van der Waals surface area (Å²) >= 11 is 1.85. The van der Waals surface area contributed by atoms with Crippen LogP contribution in [0.3, 0.4) is 0 Å². The molecule has 1 nitrogen and oxygen atoms in total. The average Bonchev–Trinajstić information content (AvgIpc) is 2.79.